The Labute approximate surface area is 64.6 Å². The first-order valence-electron chi connectivity index (χ1n) is 4.22. The monoisotopic (exact) mass is 138 g/mol. The van der Waals surface area contributed by atoms with Crippen molar-refractivity contribution in [3.8, 4) is 0 Å². The van der Waals surface area contributed by atoms with E-state index < -0.39 is 0 Å². The first kappa shape index (κ1) is 9.48. The Bertz CT molecular complexity index is 118. The predicted molar refractivity (Wildman–Crippen MR) is 48.1 cm³/mol. The van der Waals surface area contributed by atoms with Gasteiger partial charge >= 0.3 is 0 Å². The van der Waals surface area contributed by atoms with Crippen molar-refractivity contribution in [1.29, 1.82) is 0 Å². The van der Waals surface area contributed by atoms with Gasteiger partial charge < -0.3 is 0 Å². The molecule has 0 fully saturated rings. The lowest BCUT2D eigenvalue weighted by Crippen LogP contribution is -1.71. The van der Waals surface area contributed by atoms with E-state index in [1.54, 1.807) is 0 Å². The van der Waals surface area contributed by atoms with Crippen LogP contribution in [0.25, 0.3) is 0 Å². The molecule has 1 aliphatic carbocycles. The molecule has 0 amide bonds. The SMILES string of the molecule is CC.CC1=CC=CCCC1. The molecule has 0 saturated heterocycles. The maximum Gasteiger partial charge on any atom is -0.0317 e. The molecule has 1 rings (SSSR count). The summed E-state index contributed by atoms with van der Waals surface area (Å²) in [6, 6.07) is 0. The van der Waals surface area contributed by atoms with E-state index in [4.69, 9.17) is 0 Å². The van der Waals surface area contributed by atoms with Crippen LogP contribution in [0.3, 0.4) is 0 Å². The first-order valence-corrected chi connectivity index (χ1v) is 4.22. The van der Waals surface area contributed by atoms with E-state index in [9.17, 15) is 0 Å². The lowest BCUT2D eigenvalue weighted by Gasteiger charge is -1.91. The number of hydrogen-bond donors (Lipinski definition) is 0. The van der Waals surface area contributed by atoms with Gasteiger partial charge in [-0.15, -0.1) is 0 Å². The van der Waals surface area contributed by atoms with Crippen LogP contribution in [0.1, 0.15) is 40.0 Å². The summed E-state index contributed by atoms with van der Waals surface area (Å²) in [5.41, 5.74) is 1.51. The van der Waals surface area contributed by atoms with E-state index in [2.05, 4.69) is 25.2 Å². The molecule has 0 heterocycles. The van der Waals surface area contributed by atoms with Crippen molar-refractivity contribution in [3.05, 3.63) is 23.8 Å². The largest absolute Gasteiger partial charge is 0.0845 e. The Hall–Kier alpha value is -0.520. The summed E-state index contributed by atoms with van der Waals surface area (Å²) in [6.45, 7) is 6.19. The van der Waals surface area contributed by atoms with E-state index in [0.29, 0.717) is 0 Å². The Balaban J connectivity index is 0.000000371. The number of allylic oxidation sites excluding steroid dienone is 4. The number of rotatable bonds is 0. The van der Waals surface area contributed by atoms with Gasteiger partial charge in [-0.1, -0.05) is 37.6 Å². The fourth-order valence-electron chi connectivity index (χ4n) is 0.911. The molecule has 0 nitrogen and oxygen atoms in total. The summed E-state index contributed by atoms with van der Waals surface area (Å²) in [6.07, 6.45) is 10.5. The fraction of sp³-hybridized carbons (Fsp3) is 0.600. The third-order valence-corrected chi connectivity index (χ3v) is 1.46. The van der Waals surface area contributed by atoms with Gasteiger partial charge in [0.25, 0.3) is 0 Å². The average molecular weight is 138 g/mol. The highest BCUT2D eigenvalue weighted by atomic mass is 14.0. The van der Waals surface area contributed by atoms with Gasteiger partial charge in [0.2, 0.25) is 0 Å². The number of hydrogen-bond acceptors (Lipinski definition) is 0. The molecule has 0 aromatic rings. The summed E-state index contributed by atoms with van der Waals surface area (Å²) in [5, 5.41) is 0. The van der Waals surface area contributed by atoms with Crippen molar-refractivity contribution in [1.82, 2.24) is 0 Å². The zero-order chi connectivity index (χ0) is 7.82. The van der Waals surface area contributed by atoms with Gasteiger partial charge in [-0.2, -0.15) is 0 Å². The molecular weight excluding hydrogens is 120 g/mol. The van der Waals surface area contributed by atoms with E-state index in [-0.39, 0.29) is 0 Å². The summed E-state index contributed by atoms with van der Waals surface area (Å²) >= 11 is 0. The third-order valence-electron chi connectivity index (χ3n) is 1.46. The van der Waals surface area contributed by atoms with Gasteiger partial charge in [0.15, 0.2) is 0 Å². The molecule has 0 aromatic heterocycles. The molecule has 58 valence electrons. The Morgan fingerprint density at radius 3 is 2.70 bits per heavy atom. The minimum absolute atomic E-state index is 1.26. The minimum atomic E-state index is 1.26. The molecule has 0 spiro atoms. The van der Waals surface area contributed by atoms with Crippen molar-refractivity contribution in [2.24, 2.45) is 0 Å². The molecule has 0 N–H and O–H groups in total. The maximum absolute atomic E-state index is 2.23. The van der Waals surface area contributed by atoms with Crippen LogP contribution in [0.15, 0.2) is 23.8 Å². The normalized spacial score (nSPS) is 16.5. The highest BCUT2D eigenvalue weighted by Crippen LogP contribution is 2.10. The second kappa shape index (κ2) is 6.60. The molecule has 0 aromatic carbocycles. The van der Waals surface area contributed by atoms with Crippen LogP contribution in [-0.2, 0) is 0 Å². The van der Waals surface area contributed by atoms with Gasteiger partial charge in [-0.05, 0) is 26.2 Å². The highest BCUT2D eigenvalue weighted by molar-refractivity contribution is 5.12. The lowest BCUT2D eigenvalue weighted by atomic mass is 10.1. The Morgan fingerprint density at radius 2 is 2.00 bits per heavy atom. The van der Waals surface area contributed by atoms with E-state index in [0.717, 1.165) is 0 Å². The highest BCUT2D eigenvalue weighted by Gasteiger charge is 1.90. The van der Waals surface area contributed by atoms with Crippen LogP contribution in [0.4, 0.5) is 0 Å². The Morgan fingerprint density at radius 1 is 1.30 bits per heavy atom. The van der Waals surface area contributed by atoms with Crippen LogP contribution in [0.5, 0.6) is 0 Å². The molecule has 0 aliphatic heterocycles. The zero-order valence-corrected chi connectivity index (χ0v) is 7.35. The van der Waals surface area contributed by atoms with Crippen LogP contribution in [0, 0.1) is 0 Å². The van der Waals surface area contributed by atoms with Crippen LogP contribution in [-0.4, -0.2) is 0 Å². The molecular formula is C10H18. The van der Waals surface area contributed by atoms with Crippen molar-refractivity contribution in [2.75, 3.05) is 0 Å². The van der Waals surface area contributed by atoms with Crippen molar-refractivity contribution >= 4 is 0 Å². The fourth-order valence-corrected chi connectivity index (χ4v) is 0.911. The predicted octanol–water partition coefficient (Wildman–Crippen LogP) is 3.70. The minimum Gasteiger partial charge on any atom is -0.0845 e. The van der Waals surface area contributed by atoms with Crippen LogP contribution < -0.4 is 0 Å². The van der Waals surface area contributed by atoms with Crippen molar-refractivity contribution in [2.45, 2.75) is 40.0 Å². The van der Waals surface area contributed by atoms with Gasteiger partial charge in [-0.25, -0.2) is 0 Å². The molecule has 0 unspecified atom stereocenters. The standard InChI is InChI=1S/C8H12.C2H6/c1-8-6-4-2-3-5-7-8;1-2/h2,4,6H,3,5,7H2,1H3;1-2H3. The van der Waals surface area contributed by atoms with Gasteiger partial charge in [-0.3, -0.25) is 0 Å². The molecule has 0 saturated carbocycles. The average Bonchev–Trinajstić information content (AvgIpc) is 2.21. The van der Waals surface area contributed by atoms with Gasteiger partial charge in [0, 0.05) is 0 Å². The smallest absolute Gasteiger partial charge is 0.0317 e. The third kappa shape index (κ3) is 4.37. The topological polar surface area (TPSA) is 0 Å². The molecule has 1 aliphatic rings. The first-order chi connectivity index (χ1) is 4.89. The van der Waals surface area contributed by atoms with E-state index in [1.807, 2.05) is 13.8 Å². The van der Waals surface area contributed by atoms with E-state index in [1.165, 1.54) is 24.8 Å². The summed E-state index contributed by atoms with van der Waals surface area (Å²) in [5.74, 6) is 0. The Kier molecular flexibility index (Phi) is 6.25. The molecule has 0 radical (unpaired) electrons. The maximum atomic E-state index is 2.23. The summed E-state index contributed by atoms with van der Waals surface area (Å²) in [7, 11) is 0. The zero-order valence-electron chi connectivity index (χ0n) is 7.35. The summed E-state index contributed by atoms with van der Waals surface area (Å²) in [4.78, 5) is 0. The molecule has 0 bridgehead atoms. The molecule has 10 heavy (non-hydrogen) atoms. The molecule has 0 atom stereocenters. The second-order valence-corrected chi connectivity index (χ2v) is 2.33. The van der Waals surface area contributed by atoms with Crippen molar-refractivity contribution in [3.63, 3.8) is 0 Å². The summed E-state index contributed by atoms with van der Waals surface area (Å²) < 4.78 is 0. The van der Waals surface area contributed by atoms with Crippen molar-refractivity contribution < 1.29 is 0 Å². The van der Waals surface area contributed by atoms with Gasteiger partial charge in [0.05, 0.1) is 0 Å². The lowest BCUT2D eigenvalue weighted by molar-refractivity contribution is 0.841. The van der Waals surface area contributed by atoms with Crippen LogP contribution >= 0.6 is 0 Å². The molecule has 0 heteroatoms. The van der Waals surface area contributed by atoms with Crippen LogP contribution in [0.2, 0.25) is 0 Å². The van der Waals surface area contributed by atoms with Gasteiger partial charge in [0.1, 0.15) is 0 Å². The van der Waals surface area contributed by atoms with E-state index >= 15 is 0 Å². The second-order valence-electron chi connectivity index (χ2n) is 2.33. The quantitative estimate of drug-likeness (QED) is 0.479.